The largest absolute Gasteiger partial charge is 0.507 e. The van der Waals surface area contributed by atoms with Crippen molar-refractivity contribution in [3.63, 3.8) is 0 Å². The summed E-state index contributed by atoms with van der Waals surface area (Å²) >= 11 is 0. The van der Waals surface area contributed by atoms with Gasteiger partial charge in [0, 0.05) is 5.41 Å². The predicted octanol–water partition coefficient (Wildman–Crippen LogP) is 7.00. The molecule has 148 valence electrons. The molecule has 2 aromatic rings. The topological polar surface area (TPSA) is 40.5 Å². The van der Waals surface area contributed by atoms with Crippen LogP contribution in [0.3, 0.4) is 0 Å². The lowest BCUT2D eigenvalue weighted by atomic mass is 9.67. The molecule has 2 heteroatoms. The molecule has 2 rings (SSSR count). The van der Waals surface area contributed by atoms with Crippen LogP contribution in [-0.2, 0) is 5.41 Å². The van der Waals surface area contributed by atoms with Gasteiger partial charge in [0.1, 0.15) is 11.5 Å². The minimum Gasteiger partial charge on any atom is -0.507 e. The predicted molar refractivity (Wildman–Crippen MR) is 115 cm³/mol. The quantitative estimate of drug-likeness (QED) is 0.526. The molecule has 2 N–H and O–H groups in total. The molecule has 0 atom stereocenters. The number of aromatic hydroxyl groups is 2. The van der Waals surface area contributed by atoms with Gasteiger partial charge in [-0.05, 0) is 73.9 Å². The van der Waals surface area contributed by atoms with Crippen LogP contribution in [0.1, 0.15) is 85.8 Å². The van der Waals surface area contributed by atoms with Crippen LogP contribution in [0, 0.1) is 27.7 Å². The lowest BCUT2D eigenvalue weighted by Crippen LogP contribution is -2.28. The number of hydrogen-bond acceptors (Lipinski definition) is 2. The Labute approximate surface area is 165 Å². The van der Waals surface area contributed by atoms with Crippen molar-refractivity contribution < 1.29 is 10.2 Å². The van der Waals surface area contributed by atoms with Crippen molar-refractivity contribution in [2.75, 3.05) is 0 Å². The zero-order valence-corrected chi connectivity index (χ0v) is 17.9. The smallest absolute Gasteiger partial charge is 0.121 e. The number of phenols is 2. The monoisotopic (exact) mass is 368 g/mol. The van der Waals surface area contributed by atoms with Crippen LogP contribution in [0.15, 0.2) is 24.3 Å². The molecule has 0 saturated carbocycles. The summed E-state index contributed by atoms with van der Waals surface area (Å²) in [5.74, 6) is 0.799. The molecule has 0 spiro atoms. The fourth-order valence-electron chi connectivity index (χ4n) is 4.29. The lowest BCUT2D eigenvalue weighted by Gasteiger charge is -2.37. The van der Waals surface area contributed by atoms with Gasteiger partial charge in [-0.3, -0.25) is 0 Å². The summed E-state index contributed by atoms with van der Waals surface area (Å²) in [6.07, 6.45) is 6.77. The number of unbranched alkanes of at least 4 members (excludes halogenated alkanes) is 2. The number of aryl methyl sites for hydroxylation is 4. The highest BCUT2D eigenvalue weighted by atomic mass is 16.3. The highest BCUT2D eigenvalue weighted by Gasteiger charge is 2.34. The van der Waals surface area contributed by atoms with Crippen LogP contribution in [0.2, 0.25) is 0 Å². The van der Waals surface area contributed by atoms with Gasteiger partial charge < -0.3 is 10.2 Å². The molecule has 0 radical (unpaired) electrons. The molecule has 0 aromatic heterocycles. The molecule has 2 aromatic carbocycles. The Morgan fingerprint density at radius 2 is 0.926 bits per heavy atom. The molecule has 0 amide bonds. The summed E-state index contributed by atoms with van der Waals surface area (Å²) in [5, 5.41) is 20.6. The zero-order chi connectivity index (χ0) is 20.2. The highest BCUT2D eigenvalue weighted by molar-refractivity contribution is 5.52. The van der Waals surface area contributed by atoms with Crippen LogP contribution in [0.4, 0.5) is 0 Å². The van der Waals surface area contributed by atoms with E-state index in [1.807, 2.05) is 27.7 Å². The van der Waals surface area contributed by atoms with Crippen molar-refractivity contribution in [1.82, 2.24) is 0 Å². The van der Waals surface area contributed by atoms with E-state index in [-0.39, 0.29) is 5.41 Å². The molecule has 0 aliphatic heterocycles. The van der Waals surface area contributed by atoms with Crippen LogP contribution in [0.5, 0.6) is 11.5 Å². The van der Waals surface area contributed by atoms with Gasteiger partial charge in [-0.25, -0.2) is 0 Å². The molecule has 0 heterocycles. The number of phenolic OH excluding ortho intramolecular Hbond substituents is 2. The molecular formula is C25H36O2. The maximum absolute atomic E-state index is 10.3. The number of hydrogen-bond donors (Lipinski definition) is 2. The summed E-state index contributed by atoms with van der Waals surface area (Å²) in [7, 11) is 0. The van der Waals surface area contributed by atoms with Gasteiger partial charge in [-0.15, -0.1) is 0 Å². The van der Waals surface area contributed by atoms with Crippen molar-refractivity contribution in [3.05, 3.63) is 57.6 Å². The molecule has 2 nitrogen and oxygen atoms in total. The normalized spacial score (nSPS) is 11.8. The van der Waals surface area contributed by atoms with Crippen molar-refractivity contribution in [1.29, 1.82) is 0 Å². The van der Waals surface area contributed by atoms with E-state index in [4.69, 9.17) is 0 Å². The summed E-state index contributed by atoms with van der Waals surface area (Å²) in [6, 6.07) is 8.69. The zero-order valence-electron chi connectivity index (χ0n) is 17.9. The van der Waals surface area contributed by atoms with Gasteiger partial charge in [0.15, 0.2) is 0 Å². The van der Waals surface area contributed by atoms with Gasteiger partial charge in [0.05, 0.1) is 0 Å². The Bertz CT molecular complexity index is 675. The Balaban J connectivity index is 2.76. The van der Waals surface area contributed by atoms with Gasteiger partial charge >= 0.3 is 0 Å². The maximum Gasteiger partial charge on any atom is 0.121 e. The first-order valence-electron chi connectivity index (χ1n) is 10.4. The second-order valence-electron chi connectivity index (χ2n) is 8.21. The molecule has 0 saturated heterocycles. The molecule has 27 heavy (non-hydrogen) atoms. The van der Waals surface area contributed by atoms with E-state index in [0.717, 1.165) is 60.8 Å². The van der Waals surface area contributed by atoms with E-state index >= 15 is 0 Å². The van der Waals surface area contributed by atoms with Gasteiger partial charge in [0.25, 0.3) is 0 Å². The van der Waals surface area contributed by atoms with Crippen LogP contribution >= 0.6 is 0 Å². The van der Waals surface area contributed by atoms with Crippen molar-refractivity contribution >= 4 is 0 Å². The molecule has 0 aliphatic carbocycles. The van der Waals surface area contributed by atoms with E-state index in [1.54, 1.807) is 0 Å². The van der Waals surface area contributed by atoms with Gasteiger partial charge in [-0.1, -0.05) is 63.8 Å². The van der Waals surface area contributed by atoms with Crippen LogP contribution in [0.25, 0.3) is 0 Å². The van der Waals surface area contributed by atoms with Gasteiger partial charge in [-0.2, -0.15) is 0 Å². The Morgan fingerprint density at radius 3 is 1.19 bits per heavy atom. The third-order valence-corrected chi connectivity index (χ3v) is 6.00. The lowest BCUT2D eigenvalue weighted by molar-refractivity contribution is 0.401. The van der Waals surface area contributed by atoms with Crippen molar-refractivity contribution in [3.8, 4) is 11.5 Å². The summed E-state index contributed by atoms with van der Waals surface area (Å²) < 4.78 is 0. The molecule has 0 bridgehead atoms. The molecule has 0 unspecified atom stereocenters. The Hall–Kier alpha value is -1.96. The van der Waals surface area contributed by atoms with E-state index < -0.39 is 0 Å². The third-order valence-electron chi connectivity index (χ3n) is 6.00. The van der Waals surface area contributed by atoms with Crippen molar-refractivity contribution in [2.45, 2.75) is 85.5 Å². The number of rotatable bonds is 8. The molecular weight excluding hydrogens is 332 g/mol. The van der Waals surface area contributed by atoms with Crippen molar-refractivity contribution in [2.24, 2.45) is 0 Å². The first kappa shape index (κ1) is 21.3. The second kappa shape index (κ2) is 8.82. The van der Waals surface area contributed by atoms with Gasteiger partial charge in [0.2, 0.25) is 0 Å². The van der Waals surface area contributed by atoms with E-state index in [1.165, 1.54) is 11.1 Å². The summed E-state index contributed by atoms with van der Waals surface area (Å²) in [5.41, 5.74) is 6.26. The van der Waals surface area contributed by atoms with E-state index in [9.17, 15) is 10.2 Å². The third kappa shape index (κ3) is 4.31. The Kier molecular flexibility index (Phi) is 6.97. The maximum atomic E-state index is 10.3. The highest BCUT2D eigenvalue weighted by Crippen LogP contribution is 2.45. The van der Waals surface area contributed by atoms with E-state index in [2.05, 4.69) is 38.1 Å². The fourth-order valence-corrected chi connectivity index (χ4v) is 4.29. The minimum atomic E-state index is -0.0849. The minimum absolute atomic E-state index is 0.0849. The Morgan fingerprint density at radius 1 is 0.630 bits per heavy atom. The van der Waals surface area contributed by atoms with Crippen LogP contribution < -0.4 is 0 Å². The first-order valence-corrected chi connectivity index (χ1v) is 10.4. The first-order chi connectivity index (χ1) is 12.8. The summed E-state index contributed by atoms with van der Waals surface area (Å²) in [6.45, 7) is 12.4. The number of benzene rings is 2. The average molecular weight is 369 g/mol. The molecule has 0 fully saturated rings. The SMILES string of the molecule is CCCCC(CCCC)(c1cc(C)c(O)c(C)c1)c1cc(C)c(O)c(C)c1. The van der Waals surface area contributed by atoms with E-state index in [0.29, 0.717) is 11.5 Å². The second-order valence-corrected chi connectivity index (χ2v) is 8.21. The molecule has 0 aliphatic rings. The fraction of sp³-hybridized carbons (Fsp3) is 0.520. The summed E-state index contributed by atoms with van der Waals surface area (Å²) in [4.78, 5) is 0. The standard InChI is InChI=1S/C25H36O2/c1-7-9-11-25(12-10-8-2,21-13-17(3)23(26)18(4)14-21)22-15-19(5)24(27)20(6)16-22/h13-16,26-27H,7-12H2,1-6H3. The van der Waals surface area contributed by atoms with Crippen LogP contribution in [-0.4, -0.2) is 10.2 Å². The average Bonchev–Trinajstić information content (AvgIpc) is 2.64.